The molecule has 0 aliphatic heterocycles. The van der Waals surface area contributed by atoms with Crippen molar-refractivity contribution < 1.29 is 19.9 Å². The van der Waals surface area contributed by atoms with E-state index in [2.05, 4.69) is 5.32 Å². The zero-order chi connectivity index (χ0) is 15.6. The van der Waals surface area contributed by atoms with Crippen LogP contribution in [0.1, 0.15) is 10.4 Å². The molecule has 0 unspecified atom stereocenters. The molecule has 0 heterocycles. The van der Waals surface area contributed by atoms with Gasteiger partial charge >= 0.3 is 0 Å². The molecule has 2 aromatic rings. The molecule has 0 atom stereocenters. The van der Waals surface area contributed by atoms with E-state index in [1.54, 1.807) is 6.07 Å². The molecular weight excluding hydrogens is 391 g/mol. The summed E-state index contributed by atoms with van der Waals surface area (Å²) < 4.78 is 0.753. The summed E-state index contributed by atoms with van der Waals surface area (Å²) in [5.74, 6) is -1.26. The number of phenolic OH excluding ortho intramolecular Hbond substituents is 2. The zero-order valence-corrected chi connectivity index (χ0v) is 12.6. The van der Waals surface area contributed by atoms with Crippen LogP contribution in [0.15, 0.2) is 36.4 Å². The van der Waals surface area contributed by atoms with Crippen LogP contribution in [0.3, 0.4) is 0 Å². The maximum Gasteiger partial charge on any atom is 0.273 e. The van der Waals surface area contributed by atoms with E-state index in [-0.39, 0.29) is 22.7 Å². The highest BCUT2D eigenvalue weighted by Gasteiger charge is 2.15. The maximum absolute atomic E-state index is 12.0. The van der Waals surface area contributed by atoms with E-state index in [9.17, 15) is 25.1 Å². The Morgan fingerprint density at radius 3 is 2.48 bits per heavy atom. The third-order valence-corrected chi connectivity index (χ3v) is 3.31. The Morgan fingerprint density at radius 2 is 1.86 bits per heavy atom. The highest BCUT2D eigenvalue weighted by atomic mass is 127. The van der Waals surface area contributed by atoms with Gasteiger partial charge in [0.1, 0.15) is 11.5 Å². The quantitative estimate of drug-likeness (QED) is 0.318. The highest BCUT2D eigenvalue weighted by Crippen LogP contribution is 2.29. The van der Waals surface area contributed by atoms with E-state index in [1.165, 1.54) is 18.2 Å². The van der Waals surface area contributed by atoms with Crippen molar-refractivity contribution in [1.82, 2.24) is 0 Å². The number of aromatic hydroxyl groups is 2. The van der Waals surface area contributed by atoms with Crippen molar-refractivity contribution in [2.75, 3.05) is 5.32 Å². The fourth-order valence-corrected chi connectivity index (χ4v) is 2.11. The molecule has 8 heteroatoms. The third kappa shape index (κ3) is 3.40. The lowest BCUT2D eigenvalue weighted by molar-refractivity contribution is -0.384. The molecule has 3 N–H and O–H groups in total. The number of carbonyl (C=O) groups excluding carboxylic acids is 1. The highest BCUT2D eigenvalue weighted by molar-refractivity contribution is 14.1. The molecule has 21 heavy (non-hydrogen) atoms. The Kier molecular flexibility index (Phi) is 4.26. The van der Waals surface area contributed by atoms with Gasteiger partial charge in [0.25, 0.3) is 11.6 Å². The van der Waals surface area contributed by atoms with Crippen molar-refractivity contribution in [3.8, 4) is 11.5 Å². The minimum Gasteiger partial charge on any atom is -0.507 e. The van der Waals surface area contributed by atoms with Gasteiger partial charge < -0.3 is 15.5 Å². The Bertz CT molecular complexity index is 732. The molecule has 0 aliphatic rings. The Balaban J connectivity index is 2.27. The number of rotatable bonds is 3. The predicted octanol–water partition coefficient (Wildman–Crippen LogP) is 2.86. The molecule has 0 radical (unpaired) electrons. The molecular formula is C13H9IN2O5. The molecule has 0 spiro atoms. The largest absolute Gasteiger partial charge is 0.507 e. The normalized spacial score (nSPS) is 10.1. The summed E-state index contributed by atoms with van der Waals surface area (Å²) in [6, 6.07) is 7.81. The number of hydrogen-bond donors (Lipinski definition) is 3. The summed E-state index contributed by atoms with van der Waals surface area (Å²) in [5.41, 5.74) is -0.230. The molecule has 108 valence electrons. The van der Waals surface area contributed by atoms with Gasteiger partial charge in [-0.2, -0.15) is 0 Å². The molecule has 7 nitrogen and oxygen atoms in total. The van der Waals surface area contributed by atoms with Crippen LogP contribution in [0.5, 0.6) is 11.5 Å². The molecule has 0 aromatic heterocycles. The minimum atomic E-state index is -0.656. The minimum absolute atomic E-state index is 0.0175. The lowest BCUT2D eigenvalue weighted by atomic mass is 10.2. The second kappa shape index (κ2) is 5.95. The van der Waals surface area contributed by atoms with Gasteiger partial charge in [0.2, 0.25) is 0 Å². The number of hydrogen-bond acceptors (Lipinski definition) is 5. The number of anilines is 1. The first-order chi connectivity index (χ1) is 9.88. The summed E-state index contributed by atoms with van der Waals surface area (Å²) in [6.45, 7) is 0. The summed E-state index contributed by atoms with van der Waals surface area (Å²) >= 11 is 1.99. The van der Waals surface area contributed by atoms with E-state index in [0.29, 0.717) is 0 Å². The van der Waals surface area contributed by atoms with Crippen LogP contribution in [-0.4, -0.2) is 21.0 Å². The van der Waals surface area contributed by atoms with Gasteiger partial charge in [-0.05, 0) is 46.9 Å². The fraction of sp³-hybridized carbons (Fsp3) is 0. The number of amides is 1. The summed E-state index contributed by atoms with van der Waals surface area (Å²) in [4.78, 5) is 21.9. The number of nitro groups is 1. The van der Waals surface area contributed by atoms with Crippen molar-refractivity contribution in [1.29, 1.82) is 0 Å². The van der Waals surface area contributed by atoms with Crippen LogP contribution in [0.2, 0.25) is 0 Å². The first-order valence-electron chi connectivity index (χ1n) is 5.66. The monoisotopic (exact) mass is 400 g/mol. The predicted molar refractivity (Wildman–Crippen MR) is 83.5 cm³/mol. The Hall–Kier alpha value is -2.36. The van der Waals surface area contributed by atoms with Crippen molar-refractivity contribution in [2.45, 2.75) is 0 Å². The second-order valence-corrected chi connectivity index (χ2v) is 5.32. The Morgan fingerprint density at radius 1 is 1.14 bits per heavy atom. The molecule has 0 fully saturated rings. The van der Waals surface area contributed by atoms with E-state index in [4.69, 9.17) is 0 Å². The first kappa shape index (κ1) is 15.0. The molecule has 2 aromatic carbocycles. The van der Waals surface area contributed by atoms with Crippen LogP contribution in [-0.2, 0) is 0 Å². The average Bonchev–Trinajstić information content (AvgIpc) is 2.43. The Labute approximate surface area is 132 Å². The standard InChI is InChI=1S/C13H9IN2O5/c14-7-1-4-11(17)9(5-7)13(19)15-10-3-2-8(16(20)21)6-12(10)18/h1-6,17-18H,(H,15,19). The van der Waals surface area contributed by atoms with E-state index in [1.807, 2.05) is 22.6 Å². The van der Waals surface area contributed by atoms with E-state index in [0.717, 1.165) is 15.7 Å². The zero-order valence-electron chi connectivity index (χ0n) is 10.4. The number of nitro benzene ring substituents is 1. The van der Waals surface area contributed by atoms with Crippen molar-refractivity contribution in [3.05, 3.63) is 55.6 Å². The lowest BCUT2D eigenvalue weighted by Crippen LogP contribution is -2.12. The number of halogens is 1. The number of non-ortho nitro benzene ring substituents is 1. The number of benzene rings is 2. The summed E-state index contributed by atoms with van der Waals surface area (Å²) in [7, 11) is 0. The second-order valence-electron chi connectivity index (χ2n) is 4.07. The molecule has 0 saturated carbocycles. The van der Waals surface area contributed by atoms with E-state index >= 15 is 0 Å². The smallest absolute Gasteiger partial charge is 0.273 e. The lowest BCUT2D eigenvalue weighted by Gasteiger charge is -2.08. The maximum atomic E-state index is 12.0. The molecule has 1 amide bonds. The van der Waals surface area contributed by atoms with Gasteiger partial charge in [0.15, 0.2) is 0 Å². The van der Waals surface area contributed by atoms with Gasteiger partial charge in [-0.3, -0.25) is 14.9 Å². The van der Waals surface area contributed by atoms with Gasteiger partial charge in [-0.15, -0.1) is 0 Å². The number of carbonyl (C=O) groups is 1. The molecule has 0 aliphatic carbocycles. The molecule has 0 bridgehead atoms. The van der Waals surface area contributed by atoms with Crippen LogP contribution in [0, 0.1) is 13.7 Å². The topological polar surface area (TPSA) is 113 Å². The van der Waals surface area contributed by atoms with Crippen molar-refractivity contribution >= 4 is 39.9 Å². The SMILES string of the molecule is O=C(Nc1ccc([N+](=O)[O-])cc1O)c1cc(I)ccc1O. The first-order valence-corrected chi connectivity index (χ1v) is 6.73. The third-order valence-electron chi connectivity index (χ3n) is 2.64. The van der Waals surface area contributed by atoms with E-state index < -0.39 is 16.6 Å². The van der Waals surface area contributed by atoms with Crippen LogP contribution in [0.25, 0.3) is 0 Å². The summed E-state index contributed by atoms with van der Waals surface area (Å²) in [5, 5.41) is 32.3. The van der Waals surface area contributed by atoms with Crippen LogP contribution < -0.4 is 5.32 Å². The van der Waals surface area contributed by atoms with Crippen LogP contribution >= 0.6 is 22.6 Å². The van der Waals surface area contributed by atoms with Crippen molar-refractivity contribution in [2.24, 2.45) is 0 Å². The molecule has 0 saturated heterocycles. The van der Waals surface area contributed by atoms with Gasteiger partial charge in [-0.25, -0.2) is 0 Å². The number of phenols is 2. The van der Waals surface area contributed by atoms with Gasteiger partial charge in [0, 0.05) is 9.64 Å². The number of nitrogens with zero attached hydrogens (tertiary/aromatic N) is 1. The number of nitrogens with one attached hydrogen (secondary N) is 1. The summed E-state index contributed by atoms with van der Waals surface area (Å²) in [6.07, 6.45) is 0. The van der Waals surface area contributed by atoms with Crippen molar-refractivity contribution in [3.63, 3.8) is 0 Å². The molecule has 2 rings (SSSR count). The fourth-order valence-electron chi connectivity index (χ4n) is 1.62. The van der Waals surface area contributed by atoms with Crippen LogP contribution in [0.4, 0.5) is 11.4 Å². The van der Waals surface area contributed by atoms with Gasteiger partial charge in [0.05, 0.1) is 22.2 Å². The van der Waals surface area contributed by atoms with Gasteiger partial charge in [-0.1, -0.05) is 0 Å². The average molecular weight is 400 g/mol.